The van der Waals surface area contributed by atoms with Gasteiger partial charge in [0.1, 0.15) is 0 Å². The van der Waals surface area contributed by atoms with E-state index in [1.54, 1.807) is 0 Å². The molecule has 0 bridgehead atoms. The highest BCUT2D eigenvalue weighted by Gasteiger charge is 2.20. The minimum absolute atomic E-state index is 0.813. The highest BCUT2D eigenvalue weighted by atomic mass is 16.5. The Labute approximate surface area is 88.0 Å². The van der Waals surface area contributed by atoms with Crippen LogP contribution in [0.1, 0.15) is 39.5 Å². The molecule has 14 heavy (non-hydrogen) atoms. The number of rotatable bonds is 6. The average molecular weight is 200 g/mol. The molecule has 1 rings (SSSR count). The summed E-state index contributed by atoms with van der Waals surface area (Å²) < 4.78 is 10.9. The maximum absolute atomic E-state index is 5.46. The van der Waals surface area contributed by atoms with Crippen LogP contribution >= 0.6 is 0 Å². The van der Waals surface area contributed by atoms with Crippen molar-refractivity contribution in [1.29, 1.82) is 0 Å². The van der Waals surface area contributed by atoms with Gasteiger partial charge in [-0.15, -0.1) is 0 Å². The molecule has 1 fully saturated rings. The van der Waals surface area contributed by atoms with E-state index in [4.69, 9.17) is 9.47 Å². The van der Waals surface area contributed by atoms with E-state index in [9.17, 15) is 0 Å². The molecule has 1 aliphatic carbocycles. The van der Waals surface area contributed by atoms with Crippen molar-refractivity contribution in [2.24, 2.45) is 11.8 Å². The maximum atomic E-state index is 5.46. The van der Waals surface area contributed by atoms with Crippen LogP contribution in [0.2, 0.25) is 0 Å². The van der Waals surface area contributed by atoms with E-state index < -0.39 is 0 Å². The van der Waals surface area contributed by atoms with E-state index in [1.807, 2.05) is 0 Å². The van der Waals surface area contributed by atoms with Gasteiger partial charge in [-0.3, -0.25) is 0 Å². The van der Waals surface area contributed by atoms with Crippen LogP contribution < -0.4 is 0 Å². The van der Waals surface area contributed by atoms with Crippen molar-refractivity contribution < 1.29 is 9.47 Å². The van der Waals surface area contributed by atoms with Gasteiger partial charge in [-0.25, -0.2) is 0 Å². The molecule has 84 valence electrons. The molecule has 0 N–H and O–H groups in total. The molecule has 0 aromatic carbocycles. The van der Waals surface area contributed by atoms with Crippen LogP contribution in [-0.2, 0) is 9.47 Å². The lowest BCUT2D eigenvalue weighted by Crippen LogP contribution is -2.21. The third kappa shape index (κ3) is 4.43. The van der Waals surface area contributed by atoms with E-state index in [2.05, 4.69) is 13.8 Å². The van der Waals surface area contributed by atoms with Gasteiger partial charge < -0.3 is 9.47 Å². The zero-order chi connectivity index (χ0) is 10.2. The third-order valence-corrected chi connectivity index (χ3v) is 3.08. The minimum atomic E-state index is 0.813. The van der Waals surface area contributed by atoms with E-state index in [1.165, 1.54) is 25.7 Å². The summed E-state index contributed by atoms with van der Waals surface area (Å²) in [5.74, 6) is 1.63. The van der Waals surface area contributed by atoms with Gasteiger partial charge in [0.2, 0.25) is 0 Å². The van der Waals surface area contributed by atoms with Crippen LogP contribution in [0.15, 0.2) is 0 Å². The summed E-state index contributed by atoms with van der Waals surface area (Å²) in [6, 6.07) is 0. The summed E-state index contributed by atoms with van der Waals surface area (Å²) >= 11 is 0. The molecule has 0 aliphatic heterocycles. The highest BCUT2D eigenvalue weighted by molar-refractivity contribution is 4.72. The minimum Gasteiger partial charge on any atom is -0.381 e. The Hall–Kier alpha value is -0.0800. The van der Waals surface area contributed by atoms with Gasteiger partial charge in [-0.2, -0.15) is 0 Å². The smallest absolute Gasteiger partial charge is 0.0494 e. The standard InChI is InChI=1S/C12H24O2/c1-3-13-9-11-5-7-12(8-6-11)10-14-4-2/h11-12H,3-10H2,1-2H3. The van der Waals surface area contributed by atoms with Crippen LogP contribution in [0.25, 0.3) is 0 Å². The second-order valence-corrected chi connectivity index (χ2v) is 4.21. The van der Waals surface area contributed by atoms with Gasteiger partial charge in [0, 0.05) is 26.4 Å². The number of ether oxygens (including phenoxy) is 2. The molecule has 0 spiro atoms. The molecule has 0 amide bonds. The largest absolute Gasteiger partial charge is 0.381 e. The Morgan fingerprint density at radius 1 is 0.786 bits per heavy atom. The van der Waals surface area contributed by atoms with Crippen molar-refractivity contribution >= 4 is 0 Å². The Morgan fingerprint density at radius 3 is 1.43 bits per heavy atom. The normalized spacial score (nSPS) is 27.9. The van der Waals surface area contributed by atoms with Crippen molar-refractivity contribution in [2.75, 3.05) is 26.4 Å². The Balaban J connectivity index is 2.05. The fraction of sp³-hybridized carbons (Fsp3) is 1.00. The predicted octanol–water partition coefficient (Wildman–Crippen LogP) is 2.87. The quantitative estimate of drug-likeness (QED) is 0.656. The molecule has 0 heterocycles. The van der Waals surface area contributed by atoms with Crippen LogP contribution in [0, 0.1) is 11.8 Å². The predicted molar refractivity (Wildman–Crippen MR) is 58.4 cm³/mol. The van der Waals surface area contributed by atoms with E-state index in [-0.39, 0.29) is 0 Å². The summed E-state index contributed by atoms with van der Waals surface area (Å²) in [4.78, 5) is 0. The number of hydrogen-bond acceptors (Lipinski definition) is 2. The molecular weight excluding hydrogens is 176 g/mol. The molecule has 0 saturated heterocycles. The van der Waals surface area contributed by atoms with Crippen molar-refractivity contribution in [3.63, 3.8) is 0 Å². The maximum Gasteiger partial charge on any atom is 0.0494 e. The first-order valence-electron chi connectivity index (χ1n) is 6.02. The summed E-state index contributed by atoms with van der Waals surface area (Å²) in [6.45, 7) is 7.80. The monoisotopic (exact) mass is 200 g/mol. The van der Waals surface area contributed by atoms with E-state index >= 15 is 0 Å². The molecule has 0 radical (unpaired) electrons. The molecule has 0 atom stereocenters. The lowest BCUT2D eigenvalue weighted by molar-refractivity contribution is 0.0573. The van der Waals surface area contributed by atoms with E-state index in [0.717, 1.165) is 38.3 Å². The Kier molecular flexibility index (Phi) is 6.20. The summed E-state index contributed by atoms with van der Waals surface area (Å²) in [5.41, 5.74) is 0. The van der Waals surface area contributed by atoms with Gasteiger partial charge in [0.25, 0.3) is 0 Å². The molecule has 0 unspecified atom stereocenters. The first kappa shape index (κ1) is 12.0. The van der Waals surface area contributed by atoms with Crippen molar-refractivity contribution in [3.8, 4) is 0 Å². The fourth-order valence-electron chi connectivity index (χ4n) is 2.13. The van der Waals surface area contributed by atoms with Crippen molar-refractivity contribution in [1.82, 2.24) is 0 Å². The first-order chi connectivity index (χ1) is 6.86. The zero-order valence-corrected chi connectivity index (χ0v) is 9.63. The second kappa shape index (κ2) is 7.24. The van der Waals surface area contributed by atoms with Gasteiger partial charge in [0.05, 0.1) is 0 Å². The third-order valence-electron chi connectivity index (χ3n) is 3.08. The topological polar surface area (TPSA) is 18.5 Å². The number of hydrogen-bond donors (Lipinski definition) is 0. The van der Waals surface area contributed by atoms with Gasteiger partial charge in [0.15, 0.2) is 0 Å². The molecule has 2 nitrogen and oxygen atoms in total. The molecule has 0 aromatic rings. The van der Waals surface area contributed by atoms with Crippen LogP contribution in [-0.4, -0.2) is 26.4 Å². The fourth-order valence-corrected chi connectivity index (χ4v) is 2.13. The molecule has 0 aromatic heterocycles. The first-order valence-corrected chi connectivity index (χ1v) is 6.02. The van der Waals surface area contributed by atoms with Crippen molar-refractivity contribution in [2.45, 2.75) is 39.5 Å². The van der Waals surface area contributed by atoms with E-state index in [0.29, 0.717) is 0 Å². The lowest BCUT2D eigenvalue weighted by atomic mass is 9.83. The van der Waals surface area contributed by atoms with Gasteiger partial charge in [-0.1, -0.05) is 0 Å². The summed E-state index contributed by atoms with van der Waals surface area (Å²) in [5, 5.41) is 0. The summed E-state index contributed by atoms with van der Waals surface area (Å²) in [7, 11) is 0. The Morgan fingerprint density at radius 2 is 1.14 bits per heavy atom. The molecule has 1 saturated carbocycles. The second-order valence-electron chi connectivity index (χ2n) is 4.21. The van der Waals surface area contributed by atoms with Crippen LogP contribution in [0.3, 0.4) is 0 Å². The molecule has 2 heteroatoms. The Bertz CT molecular complexity index is 112. The lowest BCUT2D eigenvalue weighted by Gasteiger charge is -2.27. The molecular formula is C12H24O2. The summed E-state index contributed by atoms with van der Waals surface area (Å²) in [6.07, 6.45) is 5.32. The van der Waals surface area contributed by atoms with Gasteiger partial charge >= 0.3 is 0 Å². The van der Waals surface area contributed by atoms with Crippen LogP contribution in [0.4, 0.5) is 0 Å². The average Bonchev–Trinajstić information content (AvgIpc) is 2.25. The van der Waals surface area contributed by atoms with Gasteiger partial charge in [-0.05, 0) is 51.4 Å². The zero-order valence-electron chi connectivity index (χ0n) is 9.63. The highest BCUT2D eigenvalue weighted by Crippen LogP contribution is 2.28. The van der Waals surface area contributed by atoms with Crippen molar-refractivity contribution in [3.05, 3.63) is 0 Å². The SMILES string of the molecule is CCOCC1CCC(COCC)CC1. The molecule has 1 aliphatic rings. The van der Waals surface area contributed by atoms with Crippen LogP contribution in [0.5, 0.6) is 0 Å².